The molecule has 0 bridgehead atoms. The number of hydrogen-bond donors (Lipinski definition) is 4. The molecule has 174 valence electrons. The first kappa shape index (κ1) is 22.3. The molecule has 0 unspecified atom stereocenters. The van der Waals surface area contributed by atoms with Crippen LogP contribution in [-0.2, 0) is 25.7 Å². The van der Waals surface area contributed by atoms with Gasteiger partial charge in [-0.2, -0.15) is 0 Å². The molecule has 4 amide bonds. The van der Waals surface area contributed by atoms with Crippen LogP contribution in [0.3, 0.4) is 0 Å². The zero-order valence-electron chi connectivity index (χ0n) is 18.2. The smallest absolute Gasteiger partial charge is 0.267 e. The SMILES string of the molecule is O=C(NNC(=O)c1cc2c(s1)CCC2)c1ccc(C(=O)NNC(=O)c2cc3c(s2)CCC3)cc1. The first-order chi connectivity index (χ1) is 16.5. The Balaban J connectivity index is 1.11. The molecule has 2 heterocycles. The van der Waals surface area contributed by atoms with Crippen LogP contribution in [0.15, 0.2) is 36.4 Å². The van der Waals surface area contributed by atoms with Gasteiger partial charge >= 0.3 is 0 Å². The molecule has 5 rings (SSSR count). The van der Waals surface area contributed by atoms with Gasteiger partial charge in [-0.15, -0.1) is 22.7 Å². The Morgan fingerprint density at radius 3 is 1.32 bits per heavy atom. The number of carbonyl (C=O) groups is 4. The summed E-state index contributed by atoms with van der Waals surface area (Å²) < 4.78 is 0. The number of carbonyl (C=O) groups excluding carboxylic acids is 4. The lowest BCUT2D eigenvalue weighted by molar-refractivity contribution is 0.0846. The lowest BCUT2D eigenvalue weighted by atomic mass is 10.1. The molecule has 0 radical (unpaired) electrons. The van der Waals surface area contributed by atoms with E-state index in [2.05, 4.69) is 21.7 Å². The lowest BCUT2D eigenvalue weighted by Crippen LogP contribution is -2.42. The number of thiophene rings is 2. The van der Waals surface area contributed by atoms with Crippen molar-refractivity contribution in [3.8, 4) is 0 Å². The van der Waals surface area contributed by atoms with Crippen molar-refractivity contribution < 1.29 is 19.2 Å². The number of hydrogen-bond acceptors (Lipinski definition) is 6. The van der Waals surface area contributed by atoms with Crippen LogP contribution >= 0.6 is 22.7 Å². The van der Waals surface area contributed by atoms with Gasteiger partial charge in [0.15, 0.2) is 0 Å². The van der Waals surface area contributed by atoms with Crippen LogP contribution in [0, 0.1) is 0 Å². The number of benzene rings is 1. The highest BCUT2D eigenvalue weighted by Crippen LogP contribution is 2.31. The molecule has 0 aliphatic heterocycles. The van der Waals surface area contributed by atoms with Gasteiger partial charge in [-0.25, -0.2) is 0 Å². The third kappa shape index (κ3) is 4.59. The minimum atomic E-state index is -0.497. The van der Waals surface area contributed by atoms with Crippen molar-refractivity contribution in [2.75, 3.05) is 0 Å². The van der Waals surface area contributed by atoms with Crippen LogP contribution in [-0.4, -0.2) is 23.6 Å². The van der Waals surface area contributed by atoms with Gasteiger partial charge in [-0.3, -0.25) is 40.9 Å². The van der Waals surface area contributed by atoms with Crippen LogP contribution in [0.5, 0.6) is 0 Å². The Morgan fingerprint density at radius 2 is 0.941 bits per heavy atom. The maximum Gasteiger partial charge on any atom is 0.279 e. The molecule has 0 saturated carbocycles. The average Bonchev–Trinajstić information content (AvgIpc) is 3.61. The average molecular weight is 495 g/mol. The van der Waals surface area contributed by atoms with Gasteiger partial charge in [0, 0.05) is 20.9 Å². The van der Waals surface area contributed by atoms with Crippen LogP contribution in [0.2, 0.25) is 0 Å². The van der Waals surface area contributed by atoms with Gasteiger partial charge in [0.25, 0.3) is 23.6 Å². The predicted octanol–water partition coefficient (Wildman–Crippen LogP) is 2.94. The molecule has 0 saturated heterocycles. The zero-order chi connectivity index (χ0) is 23.7. The van der Waals surface area contributed by atoms with Crippen molar-refractivity contribution in [3.63, 3.8) is 0 Å². The molecule has 0 fully saturated rings. The zero-order valence-corrected chi connectivity index (χ0v) is 19.8. The molecule has 3 aromatic rings. The molecule has 2 aliphatic carbocycles. The van der Waals surface area contributed by atoms with Crippen LogP contribution in [0.4, 0.5) is 0 Å². The molecule has 34 heavy (non-hydrogen) atoms. The highest BCUT2D eigenvalue weighted by atomic mass is 32.1. The van der Waals surface area contributed by atoms with E-state index in [1.807, 2.05) is 12.1 Å². The Morgan fingerprint density at radius 1 is 0.559 bits per heavy atom. The van der Waals surface area contributed by atoms with E-state index in [0.717, 1.165) is 38.5 Å². The monoisotopic (exact) mass is 494 g/mol. The molecular formula is C24H22N4O4S2. The van der Waals surface area contributed by atoms with Crippen molar-refractivity contribution >= 4 is 46.3 Å². The second-order valence-corrected chi connectivity index (χ2v) is 10.5. The van der Waals surface area contributed by atoms with Crippen LogP contribution in [0.1, 0.15) is 73.8 Å². The Labute approximate surface area is 203 Å². The third-order valence-corrected chi connectivity index (χ3v) is 8.40. The van der Waals surface area contributed by atoms with E-state index >= 15 is 0 Å². The standard InChI is InChI=1S/C24H22N4O4S2/c29-21(25-27-23(31)19-11-15-3-1-5-17(15)33-19)13-7-9-14(10-8-13)22(30)26-28-24(32)20-12-16-4-2-6-18(16)34-20/h7-12H,1-6H2,(H,25,29)(H,26,30)(H,27,31)(H,28,32). The fourth-order valence-corrected chi connectivity index (χ4v) is 6.45. The molecule has 4 N–H and O–H groups in total. The number of hydrazine groups is 2. The summed E-state index contributed by atoms with van der Waals surface area (Å²) in [7, 11) is 0. The third-order valence-electron chi connectivity index (χ3n) is 5.93. The summed E-state index contributed by atoms with van der Waals surface area (Å²) in [6, 6.07) is 9.66. The molecule has 2 aromatic heterocycles. The minimum absolute atomic E-state index is 0.280. The molecule has 0 atom stereocenters. The van der Waals surface area contributed by atoms with E-state index in [9.17, 15) is 19.2 Å². The fourth-order valence-electron chi connectivity index (χ4n) is 4.15. The summed E-state index contributed by atoms with van der Waals surface area (Å²) in [6.07, 6.45) is 6.22. The van der Waals surface area contributed by atoms with Crippen LogP contribution in [0.25, 0.3) is 0 Å². The first-order valence-electron chi connectivity index (χ1n) is 11.0. The first-order valence-corrected chi connectivity index (χ1v) is 12.7. The quantitative estimate of drug-likeness (QED) is 0.417. The van der Waals surface area contributed by atoms with Crippen molar-refractivity contribution in [2.45, 2.75) is 38.5 Å². The summed E-state index contributed by atoms with van der Waals surface area (Å²) in [4.78, 5) is 52.9. The molecule has 0 spiro atoms. The van der Waals surface area contributed by atoms with E-state index in [1.54, 1.807) is 0 Å². The van der Waals surface area contributed by atoms with E-state index in [-0.39, 0.29) is 22.9 Å². The van der Waals surface area contributed by atoms with Gasteiger partial charge in [-0.05, 0) is 86.1 Å². The summed E-state index contributed by atoms with van der Waals surface area (Å²) in [6.45, 7) is 0. The molecule has 10 heteroatoms. The number of rotatable bonds is 4. The van der Waals surface area contributed by atoms with E-state index in [1.165, 1.54) is 67.8 Å². The Kier molecular flexibility index (Phi) is 6.16. The van der Waals surface area contributed by atoms with Crippen molar-refractivity contribution in [1.82, 2.24) is 21.7 Å². The van der Waals surface area contributed by atoms with Gasteiger partial charge < -0.3 is 0 Å². The number of aryl methyl sites for hydroxylation is 4. The van der Waals surface area contributed by atoms with E-state index in [4.69, 9.17) is 0 Å². The maximum atomic E-state index is 12.4. The van der Waals surface area contributed by atoms with E-state index < -0.39 is 11.8 Å². The largest absolute Gasteiger partial charge is 0.279 e. The molecule has 8 nitrogen and oxygen atoms in total. The van der Waals surface area contributed by atoms with Crippen molar-refractivity contribution in [2.24, 2.45) is 0 Å². The minimum Gasteiger partial charge on any atom is -0.267 e. The van der Waals surface area contributed by atoms with Gasteiger partial charge in [0.05, 0.1) is 9.75 Å². The predicted molar refractivity (Wildman–Crippen MR) is 129 cm³/mol. The molecular weight excluding hydrogens is 472 g/mol. The topological polar surface area (TPSA) is 116 Å². The summed E-state index contributed by atoms with van der Waals surface area (Å²) in [5, 5.41) is 0. The second-order valence-electron chi connectivity index (χ2n) is 8.22. The van der Waals surface area contributed by atoms with Crippen molar-refractivity contribution in [3.05, 3.63) is 78.2 Å². The molecule has 2 aliphatic rings. The fraction of sp³-hybridized carbons (Fsp3) is 0.250. The van der Waals surface area contributed by atoms with Gasteiger partial charge in [0.1, 0.15) is 0 Å². The lowest BCUT2D eigenvalue weighted by Gasteiger charge is -2.08. The maximum absolute atomic E-state index is 12.4. The Bertz CT molecular complexity index is 1150. The van der Waals surface area contributed by atoms with E-state index in [0.29, 0.717) is 9.75 Å². The normalized spacial score (nSPS) is 13.6. The Hall–Kier alpha value is -3.50. The molecule has 1 aromatic carbocycles. The van der Waals surface area contributed by atoms with Crippen molar-refractivity contribution in [1.29, 1.82) is 0 Å². The summed E-state index contributed by atoms with van der Waals surface area (Å²) in [5.74, 6) is -1.70. The van der Waals surface area contributed by atoms with Gasteiger partial charge in [0.2, 0.25) is 0 Å². The van der Waals surface area contributed by atoms with Gasteiger partial charge in [-0.1, -0.05) is 0 Å². The van der Waals surface area contributed by atoms with Crippen LogP contribution < -0.4 is 21.7 Å². The highest BCUT2D eigenvalue weighted by molar-refractivity contribution is 7.14. The number of amides is 4. The second kappa shape index (κ2) is 9.40. The number of fused-ring (bicyclic) bond motifs is 2. The summed E-state index contributed by atoms with van der Waals surface area (Å²) in [5.41, 5.74) is 12.6. The highest BCUT2D eigenvalue weighted by Gasteiger charge is 2.20. The number of nitrogens with one attached hydrogen (secondary N) is 4. The summed E-state index contributed by atoms with van der Waals surface area (Å²) >= 11 is 2.91.